The van der Waals surface area contributed by atoms with Gasteiger partial charge in [0, 0.05) is 6.07 Å². The molecule has 0 bridgehead atoms. The minimum atomic E-state index is -0.824. The number of rotatable bonds is 2. The maximum absolute atomic E-state index is 13.3. The number of hydrogen-bond acceptors (Lipinski definition) is 2. The van der Waals surface area contributed by atoms with Gasteiger partial charge in [-0.3, -0.25) is 4.79 Å². The summed E-state index contributed by atoms with van der Waals surface area (Å²) in [6.45, 7) is 1.69. The Balaban J connectivity index is 2.18. The van der Waals surface area contributed by atoms with Crippen LogP contribution in [0.3, 0.4) is 0 Å². The number of carbonyl (C=O) groups excluding carboxylic acids is 1. The fraction of sp³-hybridized carbons (Fsp3) is 0.0909. The number of amides is 1. The third-order valence-corrected chi connectivity index (χ3v) is 2.13. The topological polar surface area (TPSA) is 57.8 Å². The van der Waals surface area contributed by atoms with E-state index in [1.165, 1.54) is 6.20 Å². The number of imidazole rings is 1. The van der Waals surface area contributed by atoms with Crippen molar-refractivity contribution in [1.29, 1.82) is 0 Å². The van der Waals surface area contributed by atoms with Crippen LogP contribution in [0.25, 0.3) is 0 Å². The predicted octanol–water partition coefficient (Wildman–Crippen LogP) is 2.25. The van der Waals surface area contributed by atoms with Gasteiger partial charge in [-0.2, -0.15) is 0 Å². The average Bonchev–Trinajstić information content (AvgIpc) is 2.69. The van der Waals surface area contributed by atoms with Crippen molar-refractivity contribution in [2.75, 3.05) is 5.32 Å². The average molecular weight is 237 g/mol. The Bertz CT molecular complexity index is 566. The standard InChI is InChI=1S/C11H9F2N3O/c1-6-14-5-10(15-6)11(17)16-9-3-2-7(12)4-8(9)13/h2-5H,1H3,(H,14,15)(H,16,17). The summed E-state index contributed by atoms with van der Waals surface area (Å²) in [6.07, 6.45) is 1.34. The van der Waals surface area contributed by atoms with Crippen molar-refractivity contribution >= 4 is 11.6 Å². The lowest BCUT2D eigenvalue weighted by Gasteiger charge is -2.04. The van der Waals surface area contributed by atoms with Gasteiger partial charge in [-0.1, -0.05) is 0 Å². The molecular weight excluding hydrogens is 228 g/mol. The molecule has 0 saturated carbocycles. The number of halogens is 2. The first kappa shape index (κ1) is 11.3. The van der Waals surface area contributed by atoms with Gasteiger partial charge < -0.3 is 10.3 Å². The van der Waals surface area contributed by atoms with Crippen LogP contribution in [0.2, 0.25) is 0 Å². The van der Waals surface area contributed by atoms with E-state index in [1.807, 2.05) is 0 Å². The van der Waals surface area contributed by atoms with Gasteiger partial charge in [0.05, 0.1) is 11.9 Å². The Morgan fingerprint density at radius 1 is 1.41 bits per heavy atom. The lowest BCUT2D eigenvalue weighted by molar-refractivity contribution is 0.102. The van der Waals surface area contributed by atoms with E-state index in [-0.39, 0.29) is 11.4 Å². The number of benzene rings is 1. The molecule has 0 unspecified atom stereocenters. The Labute approximate surface area is 95.7 Å². The predicted molar refractivity (Wildman–Crippen MR) is 57.6 cm³/mol. The van der Waals surface area contributed by atoms with Crippen molar-refractivity contribution in [1.82, 2.24) is 9.97 Å². The highest BCUT2D eigenvalue weighted by Crippen LogP contribution is 2.15. The molecule has 1 heterocycles. The third-order valence-electron chi connectivity index (χ3n) is 2.13. The Kier molecular flexibility index (Phi) is 2.86. The minimum Gasteiger partial charge on any atom is -0.338 e. The first-order valence-electron chi connectivity index (χ1n) is 4.84. The van der Waals surface area contributed by atoms with Gasteiger partial charge in [0.2, 0.25) is 0 Å². The van der Waals surface area contributed by atoms with E-state index in [1.54, 1.807) is 6.92 Å². The zero-order valence-corrected chi connectivity index (χ0v) is 8.92. The number of aromatic nitrogens is 2. The molecule has 6 heteroatoms. The van der Waals surface area contributed by atoms with Gasteiger partial charge in [0.1, 0.15) is 23.2 Å². The molecule has 0 aliphatic heterocycles. The lowest BCUT2D eigenvalue weighted by atomic mass is 10.3. The van der Waals surface area contributed by atoms with E-state index in [2.05, 4.69) is 15.3 Å². The summed E-state index contributed by atoms with van der Waals surface area (Å²) in [5.41, 5.74) is 0.134. The number of hydrogen-bond donors (Lipinski definition) is 2. The molecule has 2 aromatic rings. The van der Waals surface area contributed by atoms with Crippen molar-refractivity contribution in [3.05, 3.63) is 47.5 Å². The van der Waals surface area contributed by atoms with Crippen molar-refractivity contribution in [3.63, 3.8) is 0 Å². The molecule has 0 aliphatic rings. The molecule has 17 heavy (non-hydrogen) atoms. The summed E-state index contributed by atoms with van der Waals surface area (Å²) < 4.78 is 25.9. The highest BCUT2D eigenvalue weighted by molar-refractivity contribution is 6.02. The second kappa shape index (κ2) is 4.32. The highest BCUT2D eigenvalue weighted by atomic mass is 19.1. The van der Waals surface area contributed by atoms with Crippen LogP contribution in [0.15, 0.2) is 24.4 Å². The molecule has 0 radical (unpaired) electrons. The van der Waals surface area contributed by atoms with Crippen LogP contribution in [-0.4, -0.2) is 15.9 Å². The third kappa shape index (κ3) is 2.47. The van der Waals surface area contributed by atoms with Crippen molar-refractivity contribution in [3.8, 4) is 0 Å². The first-order chi connectivity index (χ1) is 8.06. The van der Waals surface area contributed by atoms with Crippen LogP contribution in [0.1, 0.15) is 16.3 Å². The van der Waals surface area contributed by atoms with E-state index in [0.717, 1.165) is 12.1 Å². The number of aromatic amines is 1. The smallest absolute Gasteiger partial charge is 0.273 e. The summed E-state index contributed by atoms with van der Waals surface area (Å²) in [7, 11) is 0. The summed E-state index contributed by atoms with van der Waals surface area (Å²) in [6, 6.07) is 2.93. The molecule has 0 saturated heterocycles. The first-order valence-corrected chi connectivity index (χ1v) is 4.84. The van der Waals surface area contributed by atoms with E-state index in [9.17, 15) is 13.6 Å². The SMILES string of the molecule is Cc1ncc(C(=O)Nc2ccc(F)cc2F)[nH]1. The maximum Gasteiger partial charge on any atom is 0.273 e. The fourth-order valence-corrected chi connectivity index (χ4v) is 1.32. The summed E-state index contributed by atoms with van der Waals surface area (Å²) in [4.78, 5) is 18.2. The van der Waals surface area contributed by atoms with Gasteiger partial charge in [-0.15, -0.1) is 0 Å². The van der Waals surface area contributed by atoms with Gasteiger partial charge in [-0.25, -0.2) is 13.8 Å². The molecule has 1 aromatic heterocycles. The van der Waals surface area contributed by atoms with Crippen LogP contribution in [0, 0.1) is 18.6 Å². The summed E-state index contributed by atoms with van der Waals surface area (Å²) in [5.74, 6) is -1.47. The molecule has 0 atom stereocenters. The van der Waals surface area contributed by atoms with Crippen LogP contribution in [0.5, 0.6) is 0 Å². The molecule has 4 nitrogen and oxygen atoms in total. The van der Waals surface area contributed by atoms with Crippen LogP contribution < -0.4 is 5.32 Å². The molecule has 1 aromatic carbocycles. The van der Waals surface area contributed by atoms with Crippen molar-refractivity contribution in [2.24, 2.45) is 0 Å². The zero-order chi connectivity index (χ0) is 12.4. The largest absolute Gasteiger partial charge is 0.338 e. The second-order valence-electron chi connectivity index (χ2n) is 3.46. The molecular formula is C11H9F2N3O. The van der Waals surface area contributed by atoms with Gasteiger partial charge in [0.15, 0.2) is 0 Å². The number of H-pyrrole nitrogens is 1. The van der Waals surface area contributed by atoms with Gasteiger partial charge in [-0.05, 0) is 19.1 Å². The Morgan fingerprint density at radius 2 is 2.18 bits per heavy atom. The minimum absolute atomic E-state index is 0.0800. The normalized spacial score (nSPS) is 10.3. The Hall–Kier alpha value is -2.24. The quantitative estimate of drug-likeness (QED) is 0.841. The van der Waals surface area contributed by atoms with Gasteiger partial charge in [0.25, 0.3) is 5.91 Å². The number of carbonyl (C=O) groups is 1. The molecule has 1 amide bonds. The molecule has 0 aliphatic carbocycles. The monoisotopic (exact) mass is 237 g/mol. The van der Waals surface area contributed by atoms with E-state index >= 15 is 0 Å². The number of nitrogens with zero attached hydrogens (tertiary/aromatic N) is 1. The van der Waals surface area contributed by atoms with Crippen molar-refractivity contribution in [2.45, 2.75) is 6.92 Å². The van der Waals surface area contributed by atoms with Crippen LogP contribution >= 0.6 is 0 Å². The molecule has 88 valence electrons. The number of aryl methyl sites for hydroxylation is 1. The van der Waals surface area contributed by atoms with E-state index < -0.39 is 17.5 Å². The molecule has 0 spiro atoms. The highest BCUT2D eigenvalue weighted by Gasteiger charge is 2.11. The maximum atomic E-state index is 13.3. The molecule has 2 N–H and O–H groups in total. The Morgan fingerprint density at radius 3 is 2.76 bits per heavy atom. The molecule has 0 fully saturated rings. The van der Waals surface area contributed by atoms with E-state index in [4.69, 9.17) is 0 Å². The van der Waals surface area contributed by atoms with Crippen LogP contribution in [0.4, 0.5) is 14.5 Å². The van der Waals surface area contributed by atoms with E-state index in [0.29, 0.717) is 11.9 Å². The van der Waals surface area contributed by atoms with Gasteiger partial charge >= 0.3 is 0 Å². The molecule has 2 rings (SSSR count). The fourth-order valence-electron chi connectivity index (χ4n) is 1.32. The van der Waals surface area contributed by atoms with Crippen molar-refractivity contribution < 1.29 is 13.6 Å². The number of anilines is 1. The number of nitrogens with one attached hydrogen (secondary N) is 2. The second-order valence-corrected chi connectivity index (χ2v) is 3.46. The zero-order valence-electron chi connectivity index (χ0n) is 8.92. The summed E-state index contributed by atoms with van der Waals surface area (Å²) >= 11 is 0. The lowest BCUT2D eigenvalue weighted by Crippen LogP contribution is -2.13. The van der Waals surface area contributed by atoms with Crippen LogP contribution in [-0.2, 0) is 0 Å². The summed E-state index contributed by atoms with van der Waals surface area (Å²) in [5, 5.41) is 2.32.